The number of nitrogens with one attached hydrogen (secondary N) is 1. The topological polar surface area (TPSA) is 67.5 Å². The maximum Gasteiger partial charge on any atom is 0.332 e. The van der Waals surface area contributed by atoms with Crippen molar-refractivity contribution < 1.29 is 4.79 Å². The number of primary amides is 1. The zero-order valence-corrected chi connectivity index (χ0v) is 8.71. The number of hydrazone groups is 1. The molecule has 2 amide bonds. The van der Waals surface area contributed by atoms with Crippen molar-refractivity contribution in [2.24, 2.45) is 28.1 Å². The Balaban J connectivity index is 2.19. The lowest BCUT2D eigenvalue weighted by atomic mass is 9.80. The van der Waals surface area contributed by atoms with Gasteiger partial charge < -0.3 is 5.73 Å². The summed E-state index contributed by atoms with van der Waals surface area (Å²) in [6, 6.07) is -0.573. The van der Waals surface area contributed by atoms with Crippen LogP contribution >= 0.6 is 0 Å². The Morgan fingerprint density at radius 2 is 2.43 bits per heavy atom. The SMILES string of the molecule is CC1/C(=N\NC(N)=O)C2(C)CCC1C2. The zero-order valence-electron chi connectivity index (χ0n) is 8.71. The highest BCUT2D eigenvalue weighted by Gasteiger charge is 2.51. The van der Waals surface area contributed by atoms with E-state index in [4.69, 9.17) is 5.73 Å². The van der Waals surface area contributed by atoms with Crippen LogP contribution in [0.5, 0.6) is 0 Å². The molecule has 3 unspecified atom stereocenters. The summed E-state index contributed by atoms with van der Waals surface area (Å²) in [6.45, 7) is 4.43. The number of amides is 2. The summed E-state index contributed by atoms with van der Waals surface area (Å²) in [4.78, 5) is 10.6. The molecule has 0 aromatic carbocycles. The van der Waals surface area contributed by atoms with Gasteiger partial charge in [0.1, 0.15) is 0 Å². The molecule has 3 atom stereocenters. The second kappa shape index (κ2) is 2.97. The van der Waals surface area contributed by atoms with Crippen LogP contribution in [0.4, 0.5) is 4.79 Å². The Hall–Kier alpha value is -1.06. The first kappa shape index (κ1) is 9.49. The van der Waals surface area contributed by atoms with Gasteiger partial charge in [0.15, 0.2) is 0 Å². The van der Waals surface area contributed by atoms with E-state index in [1.54, 1.807) is 0 Å². The Bertz CT molecular complexity index is 300. The lowest BCUT2D eigenvalue weighted by Crippen LogP contribution is -2.33. The van der Waals surface area contributed by atoms with Crippen LogP contribution in [0.25, 0.3) is 0 Å². The highest BCUT2D eigenvalue weighted by molar-refractivity contribution is 5.95. The van der Waals surface area contributed by atoms with Gasteiger partial charge in [-0.15, -0.1) is 0 Å². The monoisotopic (exact) mass is 195 g/mol. The van der Waals surface area contributed by atoms with Crippen LogP contribution < -0.4 is 11.2 Å². The van der Waals surface area contributed by atoms with Gasteiger partial charge in [0.25, 0.3) is 0 Å². The van der Waals surface area contributed by atoms with Crippen molar-refractivity contribution in [1.29, 1.82) is 0 Å². The van der Waals surface area contributed by atoms with Crippen molar-refractivity contribution in [3.05, 3.63) is 0 Å². The van der Waals surface area contributed by atoms with Crippen molar-refractivity contribution in [1.82, 2.24) is 5.43 Å². The molecular weight excluding hydrogens is 178 g/mol. The minimum absolute atomic E-state index is 0.215. The van der Waals surface area contributed by atoms with Gasteiger partial charge in [-0.25, -0.2) is 10.2 Å². The Labute approximate surface area is 83.9 Å². The predicted molar refractivity (Wildman–Crippen MR) is 54.8 cm³/mol. The van der Waals surface area contributed by atoms with Crippen molar-refractivity contribution in [2.45, 2.75) is 33.1 Å². The molecule has 4 nitrogen and oxygen atoms in total. The number of hydrogen-bond acceptors (Lipinski definition) is 2. The lowest BCUT2D eigenvalue weighted by Gasteiger charge is -2.26. The number of urea groups is 1. The van der Waals surface area contributed by atoms with Crippen molar-refractivity contribution >= 4 is 11.7 Å². The maximum absolute atomic E-state index is 10.6. The second-order valence-corrected chi connectivity index (χ2v) is 4.83. The molecule has 4 heteroatoms. The molecule has 3 N–H and O–H groups in total. The number of rotatable bonds is 1. The first-order valence-corrected chi connectivity index (χ1v) is 5.16. The van der Waals surface area contributed by atoms with E-state index in [1.165, 1.54) is 19.3 Å². The second-order valence-electron chi connectivity index (χ2n) is 4.83. The fraction of sp³-hybridized carbons (Fsp3) is 0.800. The molecule has 0 aliphatic heterocycles. The Morgan fingerprint density at radius 3 is 2.93 bits per heavy atom. The van der Waals surface area contributed by atoms with E-state index in [9.17, 15) is 4.79 Å². The zero-order chi connectivity index (χ0) is 10.3. The highest BCUT2D eigenvalue weighted by atomic mass is 16.2. The third-order valence-corrected chi connectivity index (χ3v) is 3.82. The van der Waals surface area contributed by atoms with Gasteiger partial charge in [-0.1, -0.05) is 13.8 Å². The third kappa shape index (κ3) is 1.29. The summed E-state index contributed by atoms with van der Waals surface area (Å²) in [6.07, 6.45) is 3.71. The van der Waals surface area contributed by atoms with Gasteiger partial charge in [-0.3, -0.25) is 0 Å². The van der Waals surface area contributed by atoms with Gasteiger partial charge in [0.05, 0.1) is 0 Å². The molecule has 14 heavy (non-hydrogen) atoms. The minimum atomic E-state index is -0.573. The number of nitrogens with two attached hydrogens (primary N) is 1. The van der Waals surface area contributed by atoms with E-state index < -0.39 is 6.03 Å². The molecule has 2 aliphatic rings. The van der Waals surface area contributed by atoms with Crippen LogP contribution in [0.3, 0.4) is 0 Å². The molecule has 0 spiro atoms. The standard InChI is InChI=1S/C10H17N3O/c1-6-7-3-4-10(2,5-7)8(6)12-13-9(11)14/h6-7H,3-5H2,1-2H3,(H3,11,13,14)/b12-8+. The van der Waals surface area contributed by atoms with Crippen LogP contribution in [0.2, 0.25) is 0 Å². The molecule has 2 bridgehead atoms. The van der Waals surface area contributed by atoms with Crippen molar-refractivity contribution in [3.63, 3.8) is 0 Å². The quantitative estimate of drug-likeness (QED) is 0.611. The maximum atomic E-state index is 10.6. The molecule has 0 aromatic heterocycles. The van der Waals surface area contributed by atoms with Gasteiger partial charge in [-0.2, -0.15) is 5.10 Å². The van der Waals surface area contributed by atoms with Crippen molar-refractivity contribution in [2.75, 3.05) is 0 Å². The summed E-state index contributed by atoms with van der Waals surface area (Å²) in [5.74, 6) is 1.26. The van der Waals surface area contributed by atoms with Crippen molar-refractivity contribution in [3.8, 4) is 0 Å². The van der Waals surface area contributed by atoms with Crippen LogP contribution in [0.1, 0.15) is 33.1 Å². The Kier molecular flexibility index (Phi) is 2.01. The average molecular weight is 195 g/mol. The largest absolute Gasteiger partial charge is 0.350 e. The van der Waals surface area contributed by atoms with Gasteiger partial charge in [0.2, 0.25) is 0 Å². The van der Waals surface area contributed by atoms with E-state index in [-0.39, 0.29) is 5.41 Å². The van der Waals surface area contributed by atoms with E-state index in [0.29, 0.717) is 5.92 Å². The molecule has 0 heterocycles. The fourth-order valence-electron chi connectivity index (χ4n) is 3.07. The summed E-state index contributed by atoms with van der Waals surface area (Å²) >= 11 is 0. The van der Waals surface area contributed by atoms with E-state index in [0.717, 1.165) is 11.6 Å². The first-order chi connectivity index (χ1) is 6.53. The van der Waals surface area contributed by atoms with Crippen LogP contribution in [0.15, 0.2) is 5.10 Å². The minimum Gasteiger partial charge on any atom is -0.350 e. The third-order valence-electron chi connectivity index (χ3n) is 3.82. The summed E-state index contributed by atoms with van der Waals surface area (Å²) in [5, 5.41) is 4.15. The van der Waals surface area contributed by atoms with E-state index in [1.807, 2.05) is 0 Å². The van der Waals surface area contributed by atoms with Gasteiger partial charge >= 0.3 is 6.03 Å². The number of fused-ring (bicyclic) bond motifs is 2. The average Bonchev–Trinajstić information content (AvgIpc) is 2.56. The smallest absolute Gasteiger partial charge is 0.332 e. The summed E-state index contributed by atoms with van der Waals surface area (Å²) < 4.78 is 0. The number of nitrogens with zero attached hydrogens (tertiary/aromatic N) is 1. The lowest BCUT2D eigenvalue weighted by molar-refractivity contribution is 0.249. The van der Waals surface area contributed by atoms with Crippen LogP contribution in [-0.2, 0) is 0 Å². The summed E-state index contributed by atoms with van der Waals surface area (Å²) in [7, 11) is 0. The van der Waals surface area contributed by atoms with E-state index in [2.05, 4.69) is 24.4 Å². The molecule has 2 saturated carbocycles. The molecule has 0 saturated heterocycles. The first-order valence-electron chi connectivity index (χ1n) is 5.16. The van der Waals surface area contributed by atoms with Gasteiger partial charge in [0, 0.05) is 11.1 Å². The Morgan fingerprint density at radius 1 is 1.71 bits per heavy atom. The highest BCUT2D eigenvalue weighted by Crippen LogP contribution is 2.54. The predicted octanol–water partition coefficient (Wildman–Crippen LogP) is 1.47. The molecule has 2 aliphatic carbocycles. The van der Waals surface area contributed by atoms with Crippen LogP contribution in [0, 0.1) is 17.3 Å². The number of carbonyl (C=O) groups excluding carboxylic acids is 1. The fourth-order valence-corrected chi connectivity index (χ4v) is 3.07. The summed E-state index contributed by atoms with van der Waals surface area (Å²) in [5.41, 5.74) is 8.70. The van der Waals surface area contributed by atoms with Gasteiger partial charge in [-0.05, 0) is 31.1 Å². The van der Waals surface area contributed by atoms with E-state index >= 15 is 0 Å². The molecule has 78 valence electrons. The molecule has 2 rings (SSSR count). The number of carbonyl (C=O) groups is 1. The van der Waals surface area contributed by atoms with Crippen LogP contribution in [-0.4, -0.2) is 11.7 Å². The molecule has 2 fully saturated rings. The number of hydrogen-bond donors (Lipinski definition) is 2. The normalized spacial score (nSPS) is 43.1. The molecule has 0 aromatic rings. The molecule has 0 radical (unpaired) electrons. The molecular formula is C10H17N3O.